The van der Waals surface area contributed by atoms with Crippen LogP contribution >= 0.6 is 0 Å². The molecule has 0 saturated heterocycles. The summed E-state index contributed by atoms with van der Waals surface area (Å²) in [6.07, 6.45) is 9.33. The third-order valence-corrected chi connectivity index (χ3v) is 7.10. The Bertz CT molecular complexity index is 487. The highest BCUT2D eigenvalue weighted by atomic mass is 16.4. The van der Waals surface area contributed by atoms with Crippen molar-refractivity contribution < 1.29 is 20.1 Å². The fourth-order valence-electron chi connectivity index (χ4n) is 4.82. The number of aliphatic carboxylic acids is 1. The van der Waals surface area contributed by atoms with E-state index in [1.165, 1.54) is 0 Å². The fraction of sp³-hybridized carbons (Fsp3) is 0.889. The number of hydrogen-bond donors (Lipinski definition) is 3. The second-order valence-corrected chi connectivity index (χ2v) is 8.43. The zero-order valence-electron chi connectivity index (χ0n) is 13.7. The number of nitriles is 1. The summed E-state index contributed by atoms with van der Waals surface area (Å²) in [7, 11) is 0. The van der Waals surface area contributed by atoms with Gasteiger partial charge < -0.3 is 15.3 Å². The average molecular weight is 321 g/mol. The average Bonchev–Trinajstić information content (AvgIpc) is 2.57. The Kier molecular flexibility index (Phi) is 3.97. The number of fused-ring (bicyclic) bond motifs is 6. The largest absolute Gasteiger partial charge is 0.481 e. The van der Waals surface area contributed by atoms with Gasteiger partial charge in [-0.1, -0.05) is 0 Å². The Morgan fingerprint density at radius 2 is 1.09 bits per heavy atom. The normalized spacial score (nSPS) is 47.3. The molecular weight excluding hydrogens is 294 g/mol. The molecule has 0 aromatic carbocycles. The molecule has 0 heterocycles. The number of nitrogens with zero attached hydrogens (tertiary/aromatic N) is 1. The lowest BCUT2D eigenvalue weighted by Crippen LogP contribution is -2.49. The number of carboxylic acids is 1. The van der Waals surface area contributed by atoms with Crippen LogP contribution in [0.1, 0.15) is 77.0 Å². The third kappa shape index (κ3) is 2.99. The smallest absolute Gasteiger partial charge is 0.309 e. The van der Waals surface area contributed by atoms with Gasteiger partial charge in [-0.05, 0) is 77.0 Å². The summed E-state index contributed by atoms with van der Waals surface area (Å²) in [4.78, 5) is 11.0. The number of carbonyl (C=O) groups is 1. The SMILES string of the molecule is N#CC12CCC(O)(CC1)CC2.O=C(O)C12CCC(O)(CC1)CC2. The molecule has 6 aliphatic rings. The van der Waals surface area contributed by atoms with E-state index in [1.807, 2.05) is 0 Å². The number of hydrogen-bond acceptors (Lipinski definition) is 4. The van der Waals surface area contributed by atoms with Gasteiger partial charge in [0.15, 0.2) is 0 Å². The molecule has 128 valence electrons. The maximum atomic E-state index is 11.0. The Balaban J connectivity index is 0.000000136. The molecule has 0 aromatic rings. The van der Waals surface area contributed by atoms with Crippen molar-refractivity contribution in [2.45, 2.75) is 88.3 Å². The number of rotatable bonds is 1. The fourth-order valence-corrected chi connectivity index (χ4v) is 4.82. The van der Waals surface area contributed by atoms with Crippen molar-refractivity contribution in [3.05, 3.63) is 0 Å². The van der Waals surface area contributed by atoms with Crippen molar-refractivity contribution in [1.29, 1.82) is 5.26 Å². The third-order valence-electron chi connectivity index (χ3n) is 7.10. The van der Waals surface area contributed by atoms with Crippen LogP contribution in [0.25, 0.3) is 0 Å². The van der Waals surface area contributed by atoms with E-state index in [9.17, 15) is 15.0 Å². The van der Waals surface area contributed by atoms with Gasteiger partial charge in [-0.25, -0.2) is 0 Å². The van der Waals surface area contributed by atoms with Crippen LogP contribution in [-0.4, -0.2) is 32.5 Å². The molecule has 6 saturated carbocycles. The highest BCUT2D eigenvalue weighted by molar-refractivity contribution is 5.75. The van der Waals surface area contributed by atoms with Crippen molar-refractivity contribution in [2.24, 2.45) is 10.8 Å². The summed E-state index contributed by atoms with van der Waals surface area (Å²) in [6, 6.07) is 2.41. The molecular formula is C18H27NO4. The molecule has 6 aliphatic carbocycles. The zero-order chi connectivity index (χ0) is 16.8. The van der Waals surface area contributed by atoms with Crippen molar-refractivity contribution in [3.63, 3.8) is 0 Å². The van der Waals surface area contributed by atoms with Gasteiger partial charge in [-0.3, -0.25) is 4.79 Å². The molecule has 23 heavy (non-hydrogen) atoms. The summed E-state index contributed by atoms with van der Waals surface area (Å²) in [5.74, 6) is -0.663. The van der Waals surface area contributed by atoms with E-state index in [1.54, 1.807) is 0 Å². The Labute approximate surface area is 137 Å². The summed E-state index contributed by atoms with van der Waals surface area (Å²) in [5, 5.41) is 37.6. The first-order valence-electron chi connectivity index (χ1n) is 8.84. The summed E-state index contributed by atoms with van der Waals surface area (Å²) < 4.78 is 0. The quantitative estimate of drug-likeness (QED) is 0.689. The van der Waals surface area contributed by atoms with Gasteiger partial charge in [0.05, 0.1) is 28.1 Å². The Morgan fingerprint density at radius 3 is 1.39 bits per heavy atom. The molecule has 0 atom stereocenters. The van der Waals surface area contributed by atoms with Gasteiger partial charge in [0.2, 0.25) is 0 Å². The first-order chi connectivity index (χ1) is 10.7. The molecule has 6 fully saturated rings. The molecule has 0 spiro atoms. The molecule has 3 N–H and O–H groups in total. The monoisotopic (exact) mass is 321 g/mol. The second kappa shape index (κ2) is 5.46. The molecule has 4 bridgehead atoms. The summed E-state index contributed by atoms with van der Waals surface area (Å²) >= 11 is 0. The van der Waals surface area contributed by atoms with Crippen molar-refractivity contribution in [1.82, 2.24) is 0 Å². The molecule has 0 aromatic heterocycles. The maximum absolute atomic E-state index is 11.0. The van der Waals surface area contributed by atoms with E-state index in [2.05, 4.69) is 6.07 Å². The molecule has 0 unspecified atom stereocenters. The van der Waals surface area contributed by atoms with Crippen LogP contribution in [0, 0.1) is 22.2 Å². The van der Waals surface area contributed by atoms with Crippen LogP contribution in [0.4, 0.5) is 0 Å². The van der Waals surface area contributed by atoms with Gasteiger partial charge in [0.25, 0.3) is 0 Å². The summed E-state index contributed by atoms with van der Waals surface area (Å²) in [5.41, 5.74) is -1.44. The van der Waals surface area contributed by atoms with Crippen molar-refractivity contribution in [3.8, 4) is 6.07 Å². The lowest BCUT2D eigenvalue weighted by atomic mass is 9.59. The number of aliphatic hydroxyl groups is 2. The van der Waals surface area contributed by atoms with Crippen LogP contribution in [0.3, 0.4) is 0 Å². The summed E-state index contributed by atoms with van der Waals surface area (Å²) in [6.45, 7) is 0. The van der Waals surface area contributed by atoms with Crippen molar-refractivity contribution in [2.75, 3.05) is 0 Å². The predicted octanol–water partition coefficient (Wildman–Crippen LogP) is 2.75. The van der Waals surface area contributed by atoms with Crippen LogP contribution < -0.4 is 0 Å². The molecule has 0 amide bonds. The lowest BCUT2D eigenvalue weighted by molar-refractivity contribution is -0.165. The Hall–Kier alpha value is -1.12. The van der Waals surface area contributed by atoms with E-state index >= 15 is 0 Å². The Morgan fingerprint density at radius 1 is 0.739 bits per heavy atom. The van der Waals surface area contributed by atoms with Gasteiger partial charge in [-0.2, -0.15) is 5.26 Å². The topological polar surface area (TPSA) is 102 Å². The van der Waals surface area contributed by atoms with E-state index in [0.29, 0.717) is 38.5 Å². The van der Waals surface area contributed by atoms with Gasteiger partial charge in [0, 0.05) is 0 Å². The predicted molar refractivity (Wildman–Crippen MR) is 83.4 cm³/mol. The lowest BCUT2D eigenvalue weighted by Gasteiger charge is -2.48. The van der Waals surface area contributed by atoms with Gasteiger partial charge in [-0.15, -0.1) is 0 Å². The zero-order valence-corrected chi connectivity index (χ0v) is 13.7. The van der Waals surface area contributed by atoms with Gasteiger partial charge >= 0.3 is 5.97 Å². The van der Waals surface area contributed by atoms with Crippen molar-refractivity contribution >= 4 is 5.97 Å². The van der Waals surface area contributed by atoms with Crippen LogP contribution in [0.5, 0.6) is 0 Å². The highest BCUT2D eigenvalue weighted by Gasteiger charge is 2.51. The van der Waals surface area contributed by atoms with E-state index < -0.39 is 22.6 Å². The van der Waals surface area contributed by atoms with E-state index in [4.69, 9.17) is 10.4 Å². The second-order valence-electron chi connectivity index (χ2n) is 8.43. The minimum atomic E-state index is -0.663. The molecule has 5 heteroatoms. The maximum Gasteiger partial charge on any atom is 0.309 e. The van der Waals surface area contributed by atoms with Crippen LogP contribution in [-0.2, 0) is 4.79 Å². The molecule has 0 radical (unpaired) electrons. The molecule has 0 aliphatic heterocycles. The van der Waals surface area contributed by atoms with E-state index in [-0.39, 0.29) is 5.41 Å². The standard InChI is InChI=1S/C9H13NO.C9H14O3/c10-7-8-1-4-9(11,5-2-8)6-3-8;10-7(11)8-1-4-9(12,5-2-8)6-3-8/h11H,1-6H2;12H,1-6H2,(H,10,11). The van der Waals surface area contributed by atoms with Gasteiger partial charge in [0.1, 0.15) is 0 Å². The van der Waals surface area contributed by atoms with E-state index in [0.717, 1.165) is 38.5 Å². The minimum Gasteiger partial charge on any atom is -0.481 e. The minimum absolute atomic E-state index is 0.0511. The molecule has 6 rings (SSSR count). The van der Waals surface area contributed by atoms with Crippen LogP contribution in [0.2, 0.25) is 0 Å². The highest BCUT2D eigenvalue weighted by Crippen LogP contribution is 2.52. The first kappa shape index (κ1) is 16.7. The number of carboxylic acid groups (broad SMARTS) is 1. The van der Waals surface area contributed by atoms with Crippen LogP contribution in [0.15, 0.2) is 0 Å². The first-order valence-corrected chi connectivity index (χ1v) is 8.84. The molecule has 5 nitrogen and oxygen atoms in total.